The molecule has 49 heavy (non-hydrogen) atoms. The van der Waals surface area contributed by atoms with Gasteiger partial charge in [-0.25, -0.2) is 0 Å². The zero-order valence-electron chi connectivity index (χ0n) is 26.2. The lowest BCUT2D eigenvalue weighted by Crippen LogP contribution is -2.59. The summed E-state index contributed by atoms with van der Waals surface area (Å²) in [5, 5.41) is 6.10. The van der Waals surface area contributed by atoms with Gasteiger partial charge in [0.25, 0.3) is 6.71 Å². The monoisotopic (exact) mass is 624 g/mol. The average molecular weight is 625 g/mol. The summed E-state index contributed by atoms with van der Waals surface area (Å²) in [5.41, 5.74) is 14.8. The maximum atomic E-state index is 6.92. The summed E-state index contributed by atoms with van der Waals surface area (Å²) in [6, 6.07) is 50.4. The molecule has 10 aromatic rings. The Bertz CT molecular complexity index is 3010. The van der Waals surface area contributed by atoms with E-state index in [2.05, 4.69) is 152 Å². The van der Waals surface area contributed by atoms with Crippen LogP contribution < -0.4 is 21.5 Å². The van der Waals surface area contributed by atoms with Crippen LogP contribution in [0.1, 0.15) is 0 Å². The lowest BCUT2D eigenvalue weighted by molar-refractivity contribution is 0.651. The minimum absolute atomic E-state index is 0.0718. The number of aromatic nitrogens is 3. The van der Waals surface area contributed by atoms with Gasteiger partial charge in [0.15, 0.2) is 0 Å². The topological polar surface area (TPSA) is 39.1 Å². The van der Waals surface area contributed by atoms with Gasteiger partial charge in [0, 0.05) is 55.7 Å². The molecule has 0 bridgehead atoms. The summed E-state index contributed by atoms with van der Waals surface area (Å²) >= 11 is 0. The average Bonchev–Trinajstić information content (AvgIpc) is 3.83. The first-order valence-electron chi connectivity index (χ1n) is 16.8. The van der Waals surface area contributed by atoms with Crippen LogP contribution in [0, 0.1) is 0 Å². The highest BCUT2D eigenvalue weighted by molar-refractivity contribution is 7.00. The number of rotatable bonds is 2. The summed E-state index contributed by atoms with van der Waals surface area (Å²) in [6.07, 6.45) is 3.79. The van der Waals surface area contributed by atoms with E-state index in [0.717, 1.165) is 39.4 Å². The minimum atomic E-state index is -0.0718. The van der Waals surface area contributed by atoms with Crippen molar-refractivity contribution >= 4 is 94.9 Å². The molecule has 6 heteroatoms. The van der Waals surface area contributed by atoms with Crippen molar-refractivity contribution in [3.8, 4) is 11.4 Å². The first kappa shape index (κ1) is 25.6. The molecule has 5 nitrogen and oxygen atoms in total. The van der Waals surface area contributed by atoms with Crippen molar-refractivity contribution in [1.82, 2.24) is 14.1 Å². The summed E-state index contributed by atoms with van der Waals surface area (Å²) in [5.74, 6) is 0. The van der Waals surface area contributed by atoms with E-state index in [4.69, 9.17) is 4.42 Å². The van der Waals surface area contributed by atoms with E-state index >= 15 is 0 Å². The predicted octanol–water partition coefficient (Wildman–Crippen LogP) is 8.63. The van der Waals surface area contributed by atoms with Crippen molar-refractivity contribution in [2.75, 3.05) is 4.90 Å². The van der Waals surface area contributed by atoms with E-state index in [1.165, 1.54) is 60.2 Å². The zero-order valence-corrected chi connectivity index (χ0v) is 26.2. The Labute approximate surface area is 280 Å². The molecule has 0 atom stereocenters. The summed E-state index contributed by atoms with van der Waals surface area (Å²) < 4.78 is 11.9. The molecule has 2 aliphatic rings. The minimum Gasteiger partial charge on any atom is -0.468 e. The molecule has 0 amide bonds. The third-order valence-corrected chi connectivity index (χ3v) is 10.8. The van der Waals surface area contributed by atoms with Crippen LogP contribution in [-0.2, 0) is 0 Å². The first-order chi connectivity index (χ1) is 24.4. The van der Waals surface area contributed by atoms with Gasteiger partial charge in [0.05, 0.1) is 39.8 Å². The van der Waals surface area contributed by atoms with Crippen molar-refractivity contribution < 1.29 is 4.42 Å². The lowest BCUT2D eigenvalue weighted by atomic mass is 9.36. The number of hydrogen-bond donors (Lipinski definition) is 0. The second-order valence-corrected chi connectivity index (χ2v) is 13.1. The molecule has 0 unspecified atom stereocenters. The van der Waals surface area contributed by atoms with Crippen LogP contribution in [0.25, 0.3) is 66.0 Å². The first-order valence-corrected chi connectivity index (χ1v) is 16.8. The highest BCUT2D eigenvalue weighted by Gasteiger charge is 2.45. The molecule has 0 N–H and O–H groups in total. The summed E-state index contributed by atoms with van der Waals surface area (Å²) in [6.45, 7) is -0.0718. The van der Waals surface area contributed by atoms with Crippen LogP contribution >= 0.6 is 0 Å². The normalized spacial score (nSPS) is 13.2. The second kappa shape index (κ2) is 9.09. The van der Waals surface area contributed by atoms with E-state index < -0.39 is 0 Å². The number of benzene rings is 6. The fourth-order valence-electron chi connectivity index (χ4n) is 8.95. The molecule has 0 saturated carbocycles. The molecule has 0 fully saturated rings. The molecule has 6 heterocycles. The molecule has 2 aliphatic heterocycles. The summed E-state index contributed by atoms with van der Waals surface area (Å²) in [7, 11) is 0. The van der Waals surface area contributed by atoms with Gasteiger partial charge in [0.1, 0.15) is 5.58 Å². The number of anilines is 3. The van der Waals surface area contributed by atoms with Crippen LogP contribution in [0.2, 0.25) is 0 Å². The molecular weight excluding hydrogens is 599 g/mol. The smallest absolute Gasteiger partial charge is 0.297 e. The fraction of sp³-hybridized carbons (Fsp3) is 0. The SMILES string of the molecule is c1ccc(-n2c3ccccc3c3ccc4c5cccc6c5n(c4c32)-c2cccc3c2B6c2oc4ccccc4c2N3c2cccnc2)cc1. The Morgan fingerprint density at radius 3 is 2.08 bits per heavy atom. The van der Waals surface area contributed by atoms with Gasteiger partial charge in [-0.05, 0) is 65.5 Å². The van der Waals surface area contributed by atoms with Crippen LogP contribution in [0.3, 0.4) is 0 Å². The number of hydrogen-bond acceptors (Lipinski definition) is 3. The molecule has 0 spiro atoms. The molecule has 226 valence electrons. The van der Waals surface area contributed by atoms with E-state index in [1.54, 1.807) is 0 Å². The van der Waals surface area contributed by atoms with E-state index in [0.29, 0.717) is 0 Å². The van der Waals surface area contributed by atoms with Gasteiger partial charge in [-0.3, -0.25) is 4.98 Å². The predicted molar refractivity (Wildman–Crippen MR) is 202 cm³/mol. The van der Waals surface area contributed by atoms with Crippen molar-refractivity contribution in [2.45, 2.75) is 0 Å². The Balaban J connectivity index is 1.30. The standard InChI is InChI=1S/C43H25BN4O/c1-2-11-26(12-3-1)46-34-18-6-4-14-28(34)30-22-23-31-29-16-8-17-33-39(29)48(41(31)40(30)46)36-20-9-19-35-38(36)44(33)43-42(32-15-5-7-21-37(32)49-43)47(35)27-13-10-24-45-25-27/h1-25H. The molecule has 0 aliphatic carbocycles. The lowest BCUT2D eigenvalue weighted by Gasteiger charge is -2.37. The molecule has 12 rings (SSSR count). The number of fused-ring (bicyclic) bond motifs is 13. The quantitative estimate of drug-likeness (QED) is 0.181. The second-order valence-electron chi connectivity index (χ2n) is 13.1. The number of para-hydroxylation sites is 4. The third kappa shape index (κ3) is 3.10. The third-order valence-electron chi connectivity index (χ3n) is 10.8. The largest absolute Gasteiger partial charge is 0.468 e. The Morgan fingerprint density at radius 1 is 0.510 bits per heavy atom. The maximum absolute atomic E-state index is 6.92. The van der Waals surface area contributed by atoms with Crippen LogP contribution in [0.15, 0.2) is 156 Å². The molecule has 0 radical (unpaired) electrons. The maximum Gasteiger partial charge on any atom is 0.297 e. The number of pyridine rings is 1. The van der Waals surface area contributed by atoms with Crippen LogP contribution in [0.4, 0.5) is 17.1 Å². The van der Waals surface area contributed by atoms with E-state index in [1.807, 2.05) is 18.5 Å². The molecule has 0 saturated heterocycles. The van der Waals surface area contributed by atoms with E-state index in [9.17, 15) is 0 Å². The van der Waals surface area contributed by atoms with Crippen LogP contribution in [0.5, 0.6) is 0 Å². The Hall–Kier alpha value is -6.53. The van der Waals surface area contributed by atoms with Gasteiger partial charge in [0.2, 0.25) is 0 Å². The number of furan rings is 1. The van der Waals surface area contributed by atoms with Crippen molar-refractivity contribution in [1.29, 1.82) is 0 Å². The van der Waals surface area contributed by atoms with Gasteiger partial charge < -0.3 is 18.5 Å². The van der Waals surface area contributed by atoms with Crippen molar-refractivity contribution in [2.24, 2.45) is 0 Å². The van der Waals surface area contributed by atoms with Crippen LogP contribution in [-0.4, -0.2) is 20.8 Å². The zero-order chi connectivity index (χ0) is 31.8. The molecule has 6 aromatic carbocycles. The van der Waals surface area contributed by atoms with Crippen molar-refractivity contribution in [3.63, 3.8) is 0 Å². The van der Waals surface area contributed by atoms with Gasteiger partial charge in [-0.15, -0.1) is 0 Å². The Kier molecular flexibility index (Phi) is 4.74. The molecular formula is C43H25BN4O. The number of nitrogens with zero attached hydrogens (tertiary/aromatic N) is 4. The molecule has 4 aromatic heterocycles. The Morgan fingerprint density at radius 2 is 1.20 bits per heavy atom. The van der Waals surface area contributed by atoms with Crippen molar-refractivity contribution in [3.05, 3.63) is 152 Å². The van der Waals surface area contributed by atoms with E-state index in [-0.39, 0.29) is 6.71 Å². The fourth-order valence-corrected chi connectivity index (χ4v) is 8.95. The van der Waals surface area contributed by atoms with Gasteiger partial charge in [-0.1, -0.05) is 84.9 Å². The highest BCUT2D eigenvalue weighted by Crippen LogP contribution is 2.46. The highest BCUT2D eigenvalue weighted by atomic mass is 16.3. The summed E-state index contributed by atoms with van der Waals surface area (Å²) in [4.78, 5) is 6.92. The van der Waals surface area contributed by atoms with Gasteiger partial charge in [-0.2, -0.15) is 0 Å². The van der Waals surface area contributed by atoms with Gasteiger partial charge >= 0.3 is 0 Å².